The Morgan fingerprint density at radius 1 is 1.11 bits per heavy atom. The van der Waals surface area contributed by atoms with Crippen molar-refractivity contribution in [2.45, 2.75) is 84.1 Å². The molecule has 9 heteroatoms. The molecule has 8 nitrogen and oxygen atoms in total. The lowest BCUT2D eigenvalue weighted by Crippen LogP contribution is -2.50. The van der Waals surface area contributed by atoms with E-state index in [0.29, 0.717) is 36.9 Å². The average molecular weight is 514 g/mol. The van der Waals surface area contributed by atoms with Gasteiger partial charge in [-0.3, -0.25) is 19.3 Å². The Morgan fingerprint density at radius 2 is 1.78 bits per heavy atom. The molecule has 3 rings (SSSR count). The molecular weight excluding hydrogens is 474 g/mol. The van der Waals surface area contributed by atoms with Gasteiger partial charge < -0.3 is 16.8 Å². The van der Waals surface area contributed by atoms with Crippen LogP contribution in [0.4, 0.5) is 11.4 Å². The number of amides is 3. The highest BCUT2D eigenvalue weighted by atomic mass is 32.1. The molecule has 1 aromatic carbocycles. The van der Waals surface area contributed by atoms with Gasteiger partial charge in [-0.2, -0.15) is 4.37 Å². The molecule has 1 heterocycles. The van der Waals surface area contributed by atoms with Crippen LogP contribution in [0.2, 0.25) is 0 Å². The van der Waals surface area contributed by atoms with Crippen molar-refractivity contribution in [3.05, 3.63) is 40.4 Å². The molecule has 5 N–H and O–H groups in total. The Labute approximate surface area is 218 Å². The van der Waals surface area contributed by atoms with E-state index in [2.05, 4.69) is 35.7 Å². The highest BCUT2D eigenvalue weighted by Crippen LogP contribution is 2.34. The van der Waals surface area contributed by atoms with Crippen molar-refractivity contribution in [2.24, 2.45) is 11.7 Å². The van der Waals surface area contributed by atoms with Crippen molar-refractivity contribution in [1.82, 2.24) is 9.69 Å². The summed E-state index contributed by atoms with van der Waals surface area (Å²) in [6, 6.07) is 7.23. The van der Waals surface area contributed by atoms with Crippen LogP contribution in [-0.2, 0) is 4.79 Å². The van der Waals surface area contributed by atoms with E-state index < -0.39 is 17.9 Å². The van der Waals surface area contributed by atoms with E-state index in [4.69, 9.17) is 11.5 Å². The lowest BCUT2D eigenvalue weighted by Gasteiger charge is -2.31. The van der Waals surface area contributed by atoms with Crippen LogP contribution in [0.25, 0.3) is 0 Å². The zero-order valence-electron chi connectivity index (χ0n) is 21.6. The molecule has 0 bridgehead atoms. The van der Waals surface area contributed by atoms with E-state index in [1.54, 1.807) is 0 Å². The first kappa shape index (κ1) is 27.6. The molecule has 1 atom stereocenters. The van der Waals surface area contributed by atoms with E-state index in [1.807, 2.05) is 19.1 Å². The standard InChI is InChI=1S/C27H39N5O3S/c1-4-8-21(26(34)30-16-15-17(2)3)32(27(35)24-22(28)23(25(29)33)31-36-24)20-13-11-19(12-14-20)18-9-6-5-7-10-18/h11-14,17-18,21H,4-10,15-16,28H2,1-3H3,(H2,29,33)(H,30,34). The van der Waals surface area contributed by atoms with E-state index in [0.717, 1.165) is 18.0 Å². The van der Waals surface area contributed by atoms with Crippen LogP contribution in [0, 0.1) is 5.92 Å². The number of benzene rings is 1. The molecule has 1 aliphatic carbocycles. The summed E-state index contributed by atoms with van der Waals surface area (Å²) in [7, 11) is 0. The third-order valence-corrected chi connectivity index (χ3v) is 7.67. The van der Waals surface area contributed by atoms with Crippen LogP contribution in [0.15, 0.2) is 24.3 Å². The smallest absolute Gasteiger partial charge is 0.272 e. The van der Waals surface area contributed by atoms with E-state index in [9.17, 15) is 14.4 Å². The molecule has 0 aliphatic heterocycles. The summed E-state index contributed by atoms with van der Waals surface area (Å²) in [5.74, 6) is -0.481. The predicted octanol–water partition coefficient (Wildman–Crippen LogP) is 4.85. The summed E-state index contributed by atoms with van der Waals surface area (Å²) in [4.78, 5) is 40.5. The minimum atomic E-state index is -0.789. The van der Waals surface area contributed by atoms with Gasteiger partial charge in [-0.05, 0) is 66.7 Å². The Kier molecular flexibility index (Phi) is 9.87. The number of carbonyl (C=O) groups excluding carboxylic acids is 3. The van der Waals surface area contributed by atoms with Crippen LogP contribution < -0.4 is 21.7 Å². The van der Waals surface area contributed by atoms with Crippen molar-refractivity contribution in [2.75, 3.05) is 17.2 Å². The Morgan fingerprint density at radius 3 is 2.33 bits per heavy atom. The van der Waals surface area contributed by atoms with Gasteiger partial charge in [0.05, 0.1) is 5.69 Å². The third-order valence-electron chi connectivity index (χ3n) is 6.82. The maximum Gasteiger partial charge on any atom is 0.272 e. The minimum Gasteiger partial charge on any atom is -0.395 e. The predicted molar refractivity (Wildman–Crippen MR) is 145 cm³/mol. The van der Waals surface area contributed by atoms with E-state index >= 15 is 0 Å². The maximum absolute atomic E-state index is 13.9. The summed E-state index contributed by atoms with van der Waals surface area (Å²) >= 11 is 0.832. The molecule has 0 spiro atoms. The highest BCUT2D eigenvalue weighted by Gasteiger charge is 2.34. The Bertz CT molecular complexity index is 1040. The van der Waals surface area contributed by atoms with E-state index in [1.165, 1.54) is 42.6 Å². The average Bonchev–Trinajstić information content (AvgIpc) is 3.25. The van der Waals surface area contributed by atoms with E-state index in [-0.39, 0.29) is 22.2 Å². The largest absolute Gasteiger partial charge is 0.395 e. The van der Waals surface area contributed by atoms with Crippen LogP contribution >= 0.6 is 11.5 Å². The number of carbonyl (C=O) groups is 3. The number of rotatable bonds is 11. The fourth-order valence-electron chi connectivity index (χ4n) is 4.77. The molecular formula is C27H39N5O3S. The Hall–Kier alpha value is -2.94. The molecule has 1 unspecified atom stereocenters. The van der Waals surface area contributed by atoms with Crippen molar-refractivity contribution in [1.29, 1.82) is 0 Å². The van der Waals surface area contributed by atoms with Crippen molar-refractivity contribution in [3.8, 4) is 0 Å². The monoisotopic (exact) mass is 513 g/mol. The zero-order valence-corrected chi connectivity index (χ0v) is 22.4. The number of hydrogen-bond acceptors (Lipinski definition) is 6. The second kappa shape index (κ2) is 12.9. The molecule has 1 aliphatic rings. The summed E-state index contributed by atoms with van der Waals surface area (Å²) in [6.07, 6.45) is 8.13. The summed E-state index contributed by atoms with van der Waals surface area (Å²) in [5.41, 5.74) is 13.2. The SMILES string of the molecule is CCCC(C(=O)NCCC(C)C)N(C(=O)c1snc(C(N)=O)c1N)c1ccc(C2CCCCC2)cc1. The molecule has 36 heavy (non-hydrogen) atoms. The topological polar surface area (TPSA) is 131 Å². The first-order chi connectivity index (χ1) is 17.2. The van der Waals surface area contributed by atoms with Crippen LogP contribution in [-0.4, -0.2) is 34.7 Å². The molecule has 2 aromatic rings. The zero-order chi connectivity index (χ0) is 26.2. The van der Waals surface area contributed by atoms with Crippen LogP contribution in [0.5, 0.6) is 0 Å². The van der Waals surface area contributed by atoms with Crippen LogP contribution in [0.3, 0.4) is 0 Å². The number of nitrogens with two attached hydrogens (primary N) is 2. The number of hydrogen-bond donors (Lipinski definition) is 3. The van der Waals surface area contributed by atoms with Gasteiger partial charge in [-0.15, -0.1) is 0 Å². The summed E-state index contributed by atoms with van der Waals surface area (Å²) < 4.78 is 4.00. The molecule has 1 saturated carbocycles. The fraction of sp³-hybridized carbons (Fsp3) is 0.556. The van der Waals surface area contributed by atoms with Gasteiger partial charge in [0.25, 0.3) is 11.8 Å². The van der Waals surface area contributed by atoms with Gasteiger partial charge in [0.1, 0.15) is 10.9 Å². The van der Waals surface area contributed by atoms with Crippen molar-refractivity contribution < 1.29 is 14.4 Å². The minimum absolute atomic E-state index is 0.0446. The molecule has 196 valence electrons. The maximum atomic E-state index is 13.9. The fourth-order valence-corrected chi connectivity index (χ4v) is 5.52. The molecule has 1 fully saturated rings. The van der Waals surface area contributed by atoms with Gasteiger partial charge >= 0.3 is 0 Å². The summed E-state index contributed by atoms with van der Waals surface area (Å²) in [6.45, 7) is 6.72. The molecule has 1 aromatic heterocycles. The normalized spacial score (nSPS) is 15.0. The van der Waals surface area contributed by atoms with Crippen molar-refractivity contribution >= 4 is 40.6 Å². The quantitative estimate of drug-likeness (QED) is 0.395. The second-order valence-electron chi connectivity index (χ2n) is 10.0. The van der Waals surface area contributed by atoms with Gasteiger partial charge in [0.15, 0.2) is 5.69 Å². The van der Waals surface area contributed by atoms with Crippen LogP contribution in [0.1, 0.15) is 104 Å². The first-order valence-corrected chi connectivity index (χ1v) is 13.8. The first-order valence-electron chi connectivity index (χ1n) is 13.0. The number of nitrogens with one attached hydrogen (secondary N) is 1. The lowest BCUT2D eigenvalue weighted by atomic mass is 9.84. The van der Waals surface area contributed by atoms with Gasteiger partial charge in [0.2, 0.25) is 5.91 Å². The number of nitrogen functional groups attached to an aromatic ring is 1. The molecule has 0 saturated heterocycles. The lowest BCUT2D eigenvalue weighted by molar-refractivity contribution is -0.122. The summed E-state index contributed by atoms with van der Waals surface area (Å²) in [5, 5.41) is 3.01. The second-order valence-corrected chi connectivity index (χ2v) is 10.8. The van der Waals surface area contributed by atoms with Gasteiger partial charge in [-0.25, -0.2) is 0 Å². The highest BCUT2D eigenvalue weighted by molar-refractivity contribution is 7.09. The third kappa shape index (κ3) is 6.63. The molecule has 0 radical (unpaired) electrons. The van der Waals surface area contributed by atoms with Crippen molar-refractivity contribution in [3.63, 3.8) is 0 Å². The number of aromatic nitrogens is 1. The van der Waals surface area contributed by atoms with Gasteiger partial charge in [0, 0.05) is 12.2 Å². The molecule has 3 amide bonds. The van der Waals surface area contributed by atoms with Gasteiger partial charge in [-0.1, -0.05) is 58.6 Å². The number of primary amides is 1. The number of nitrogens with zero attached hydrogens (tertiary/aromatic N) is 2. The Balaban J connectivity index is 1.98. The number of anilines is 2.